The van der Waals surface area contributed by atoms with E-state index in [9.17, 15) is 5.11 Å². The number of benzene rings is 2. The maximum atomic E-state index is 9.73. The predicted molar refractivity (Wildman–Crippen MR) is 73.1 cm³/mol. The SMILES string of the molecule is COc1ccc(O)c(C=Nc2ccccc2C)c1. The van der Waals surface area contributed by atoms with Gasteiger partial charge in [0.15, 0.2) is 0 Å². The van der Waals surface area contributed by atoms with Crippen molar-refractivity contribution < 1.29 is 9.84 Å². The zero-order valence-electron chi connectivity index (χ0n) is 10.4. The number of phenolic OH excluding ortho intramolecular Hbond substituents is 1. The van der Waals surface area contributed by atoms with Crippen molar-refractivity contribution in [2.45, 2.75) is 6.92 Å². The van der Waals surface area contributed by atoms with Gasteiger partial charge in [0, 0.05) is 11.8 Å². The van der Waals surface area contributed by atoms with Gasteiger partial charge in [-0.25, -0.2) is 0 Å². The number of methoxy groups -OCH3 is 1. The molecule has 0 bridgehead atoms. The Morgan fingerprint density at radius 2 is 1.94 bits per heavy atom. The molecule has 3 nitrogen and oxygen atoms in total. The summed E-state index contributed by atoms with van der Waals surface area (Å²) in [6.07, 6.45) is 1.64. The van der Waals surface area contributed by atoms with Gasteiger partial charge < -0.3 is 9.84 Å². The van der Waals surface area contributed by atoms with Gasteiger partial charge in [0.1, 0.15) is 11.5 Å². The molecule has 0 saturated carbocycles. The Balaban J connectivity index is 2.31. The molecule has 0 spiro atoms. The van der Waals surface area contributed by atoms with E-state index in [2.05, 4.69) is 4.99 Å². The van der Waals surface area contributed by atoms with E-state index in [1.165, 1.54) is 0 Å². The van der Waals surface area contributed by atoms with E-state index in [-0.39, 0.29) is 5.75 Å². The molecular weight excluding hydrogens is 226 g/mol. The number of ether oxygens (including phenoxy) is 1. The van der Waals surface area contributed by atoms with Gasteiger partial charge in [0.25, 0.3) is 0 Å². The number of nitrogens with zero attached hydrogens (tertiary/aromatic N) is 1. The van der Waals surface area contributed by atoms with Crippen molar-refractivity contribution in [3.63, 3.8) is 0 Å². The van der Waals surface area contributed by atoms with Crippen LogP contribution in [0, 0.1) is 6.92 Å². The van der Waals surface area contributed by atoms with E-state index < -0.39 is 0 Å². The topological polar surface area (TPSA) is 41.8 Å². The molecule has 0 aromatic heterocycles. The number of phenols is 1. The third-order valence-corrected chi connectivity index (χ3v) is 2.69. The third-order valence-electron chi connectivity index (χ3n) is 2.69. The molecule has 0 aliphatic rings. The molecular formula is C15H15NO2. The fraction of sp³-hybridized carbons (Fsp3) is 0.133. The molecule has 0 aliphatic heterocycles. The molecule has 2 rings (SSSR count). The first-order valence-corrected chi connectivity index (χ1v) is 5.67. The molecule has 0 saturated heterocycles. The van der Waals surface area contributed by atoms with Crippen LogP contribution in [0.25, 0.3) is 0 Å². The first kappa shape index (κ1) is 12.2. The molecule has 3 heteroatoms. The van der Waals surface area contributed by atoms with Crippen molar-refractivity contribution >= 4 is 11.9 Å². The zero-order valence-corrected chi connectivity index (χ0v) is 10.4. The van der Waals surface area contributed by atoms with Crippen molar-refractivity contribution in [2.24, 2.45) is 4.99 Å². The van der Waals surface area contributed by atoms with Gasteiger partial charge in [0.2, 0.25) is 0 Å². The van der Waals surface area contributed by atoms with E-state index in [0.29, 0.717) is 11.3 Å². The Kier molecular flexibility index (Phi) is 3.63. The van der Waals surface area contributed by atoms with Crippen LogP contribution in [0.3, 0.4) is 0 Å². The van der Waals surface area contributed by atoms with Crippen molar-refractivity contribution in [1.82, 2.24) is 0 Å². The fourth-order valence-electron chi connectivity index (χ4n) is 1.61. The molecule has 2 aromatic rings. The van der Waals surface area contributed by atoms with E-state index in [1.807, 2.05) is 31.2 Å². The second kappa shape index (κ2) is 5.36. The fourth-order valence-corrected chi connectivity index (χ4v) is 1.61. The van der Waals surface area contributed by atoms with Crippen molar-refractivity contribution in [2.75, 3.05) is 7.11 Å². The van der Waals surface area contributed by atoms with E-state index >= 15 is 0 Å². The summed E-state index contributed by atoms with van der Waals surface area (Å²) in [6.45, 7) is 2.00. The number of hydrogen-bond acceptors (Lipinski definition) is 3. The summed E-state index contributed by atoms with van der Waals surface area (Å²) in [5.41, 5.74) is 2.62. The number of rotatable bonds is 3. The Labute approximate surface area is 106 Å². The lowest BCUT2D eigenvalue weighted by molar-refractivity contribution is 0.412. The highest BCUT2D eigenvalue weighted by atomic mass is 16.5. The van der Waals surface area contributed by atoms with E-state index in [1.54, 1.807) is 31.5 Å². The average Bonchev–Trinajstić information content (AvgIpc) is 2.39. The summed E-state index contributed by atoms with van der Waals surface area (Å²) in [6, 6.07) is 12.9. The minimum absolute atomic E-state index is 0.188. The lowest BCUT2D eigenvalue weighted by Crippen LogP contribution is -1.87. The highest BCUT2D eigenvalue weighted by Crippen LogP contribution is 2.23. The largest absolute Gasteiger partial charge is 0.507 e. The standard InChI is InChI=1S/C15H15NO2/c1-11-5-3-4-6-14(11)16-10-12-9-13(18-2)7-8-15(12)17/h3-10,17H,1-2H3. The smallest absolute Gasteiger partial charge is 0.124 e. The van der Waals surface area contributed by atoms with Crippen LogP contribution in [-0.4, -0.2) is 18.4 Å². The average molecular weight is 241 g/mol. The summed E-state index contributed by atoms with van der Waals surface area (Å²) in [5.74, 6) is 0.882. The van der Waals surface area contributed by atoms with Gasteiger partial charge in [0.05, 0.1) is 12.8 Å². The molecule has 0 atom stereocenters. The Hall–Kier alpha value is -2.29. The highest BCUT2D eigenvalue weighted by molar-refractivity contribution is 5.86. The normalized spacial score (nSPS) is 10.8. The van der Waals surface area contributed by atoms with Crippen LogP contribution in [0.4, 0.5) is 5.69 Å². The van der Waals surface area contributed by atoms with Crippen LogP contribution in [0.2, 0.25) is 0 Å². The summed E-state index contributed by atoms with van der Waals surface area (Å²) in [4.78, 5) is 4.37. The lowest BCUT2D eigenvalue weighted by Gasteiger charge is -2.03. The van der Waals surface area contributed by atoms with Crippen molar-refractivity contribution in [3.05, 3.63) is 53.6 Å². The van der Waals surface area contributed by atoms with Crippen LogP contribution in [0.1, 0.15) is 11.1 Å². The summed E-state index contributed by atoms with van der Waals surface area (Å²) >= 11 is 0. The van der Waals surface area contributed by atoms with Crippen LogP contribution in [0.15, 0.2) is 47.5 Å². The van der Waals surface area contributed by atoms with Crippen LogP contribution >= 0.6 is 0 Å². The summed E-state index contributed by atoms with van der Waals surface area (Å²) in [7, 11) is 1.59. The monoisotopic (exact) mass is 241 g/mol. The van der Waals surface area contributed by atoms with Crippen LogP contribution in [0.5, 0.6) is 11.5 Å². The number of aromatic hydroxyl groups is 1. The number of aryl methyl sites for hydroxylation is 1. The van der Waals surface area contributed by atoms with Crippen molar-refractivity contribution in [3.8, 4) is 11.5 Å². The number of para-hydroxylation sites is 1. The molecule has 1 N–H and O–H groups in total. The molecule has 0 unspecified atom stereocenters. The summed E-state index contributed by atoms with van der Waals surface area (Å²) in [5, 5.41) is 9.73. The number of hydrogen-bond donors (Lipinski definition) is 1. The first-order chi connectivity index (χ1) is 8.70. The van der Waals surface area contributed by atoms with Crippen LogP contribution in [-0.2, 0) is 0 Å². The molecule has 2 aromatic carbocycles. The van der Waals surface area contributed by atoms with Gasteiger partial charge in [-0.3, -0.25) is 4.99 Å². The van der Waals surface area contributed by atoms with Crippen LogP contribution < -0.4 is 4.74 Å². The maximum absolute atomic E-state index is 9.73. The Morgan fingerprint density at radius 3 is 2.67 bits per heavy atom. The predicted octanol–water partition coefficient (Wildman–Crippen LogP) is 3.46. The quantitative estimate of drug-likeness (QED) is 0.836. The number of aliphatic imine (C=N–C) groups is 1. The van der Waals surface area contributed by atoms with E-state index in [4.69, 9.17) is 4.74 Å². The van der Waals surface area contributed by atoms with Gasteiger partial charge in [-0.15, -0.1) is 0 Å². The highest BCUT2D eigenvalue weighted by Gasteiger charge is 2.01. The molecule has 0 radical (unpaired) electrons. The van der Waals surface area contributed by atoms with Gasteiger partial charge in [-0.2, -0.15) is 0 Å². The summed E-state index contributed by atoms with van der Waals surface area (Å²) < 4.78 is 5.11. The first-order valence-electron chi connectivity index (χ1n) is 5.67. The Bertz CT molecular complexity index is 576. The molecule has 18 heavy (non-hydrogen) atoms. The van der Waals surface area contributed by atoms with Crippen molar-refractivity contribution in [1.29, 1.82) is 0 Å². The minimum atomic E-state index is 0.188. The molecule has 0 aliphatic carbocycles. The minimum Gasteiger partial charge on any atom is -0.507 e. The second-order valence-corrected chi connectivity index (χ2v) is 3.97. The molecule has 0 heterocycles. The Morgan fingerprint density at radius 1 is 1.17 bits per heavy atom. The maximum Gasteiger partial charge on any atom is 0.124 e. The zero-order chi connectivity index (χ0) is 13.0. The van der Waals surface area contributed by atoms with E-state index in [0.717, 1.165) is 11.3 Å². The van der Waals surface area contributed by atoms with Gasteiger partial charge >= 0.3 is 0 Å². The molecule has 92 valence electrons. The third kappa shape index (κ3) is 2.69. The molecule has 0 amide bonds. The second-order valence-electron chi connectivity index (χ2n) is 3.97. The van der Waals surface area contributed by atoms with Gasteiger partial charge in [-0.1, -0.05) is 18.2 Å². The van der Waals surface area contributed by atoms with Gasteiger partial charge in [-0.05, 0) is 36.8 Å². The lowest BCUT2D eigenvalue weighted by atomic mass is 10.2. The molecule has 0 fully saturated rings.